The van der Waals surface area contributed by atoms with Crippen LogP contribution in [0.25, 0.3) is 0 Å². The molecule has 0 spiro atoms. The molecular formula is C17H18BrClN2OS. The van der Waals surface area contributed by atoms with Crippen molar-refractivity contribution in [2.45, 2.75) is 25.4 Å². The lowest BCUT2D eigenvalue weighted by molar-refractivity contribution is 0.0909. The van der Waals surface area contributed by atoms with Crippen molar-refractivity contribution >= 4 is 44.8 Å². The molecule has 122 valence electrons. The molecule has 3 rings (SSSR count). The Bertz CT molecular complexity index is 665. The summed E-state index contributed by atoms with van der Waals surface area (Å²) >= 11 is 10.8. The van der Waals surface area contributed by atoms with Crippen molar-refractivity contribution in [2.24, 2.45) is 0 Å². The molecule has 1 saturated heterocycles. The predicted octanol–water partition coefficient (Wildman–Crippen LogP) is 4.56. The lowest BCUT2D eigenvalue weighted by Gasteiger charge is -2.32. The number of carbonyl (C=O) groups is 1. The molecular weight excluding hydrogens is 396 g/mol. The molecule has 1 N–H and O–H groups in total. The minimum Gasteiger partial charge on any atom is -0.349 e. The maximum absolute atomic E-state index is 12.2. The molecule has 2 heterocycles. The summed E-state index contributed by atoms with van der Waals surface area (Å²) in [4.78, 5) is 14.6. The van der Waals surface area contributed by atoms with Crippen LogP contribution in [0.4, 0.5) is 0 Å². The van der Waals surface area contributed by atoms with Crippen LogP contribution < -0.4 is 5.32 Å². The third-order valence-electron chi connectivity index (χ3n) is 4.07. The Morgan fingerprint density at radius 1 is 1.30 bits per heavy atom. The van der Waals surface area contributed by atoms with Gasteiger partial charge in [0.2, 0.25) is 0 Å². The third-order valence-corrected chi connectivity index (χ3v) is 5.83. The van der Waals surface area contributed by atoms with Gasteiger partial charge in [-0.15, -0.1) is 11.3 Å². The smallest absolute Gasteiger partial charge is 0.252 e. The third kappa shape index (κ3) is 4.80. The first-order valence-corrected chi connectivity index (χ1v) is 9.67. The van der Waals surface area contributed by atoms with Crippen molar-refractivity contribution in [1.82, 2.24) is 10.2 Å². The number of nitrogens with zero attached hydrogens (tertiary/aromatic N) is 1. The second-order valence-electron chi connectivity index (χ2n) is 5.79. The second-order valence-corrected chi connectivity index (χ2v) is 8.52. The first kappa shape index (κ1) is 17.0. The number of thiophene rings is 1. The summed E-state index contributed by atoms with van der Waals surface area (Å²) in [7, 11) is 0. The summed E-state index contributed by atoms with van der Waals surface area (Å²) in [6.45, 7) is 2.94. The van der Waals surface area contributed by atoms with E-state index in [-0.39, 0.29) is 11.9 Å². The Morgan fingerprint density at radius 3 is 2.61 bits per heavy atom. The average Bonchev–Trinajstić information content (AvgIpc) is 2.98. The normalized spacial score (nSPS) is 16.4. The molecule has 0 saturated carbocycles. The van der Waals surface area contributed by atoms with Crippen molar-refractivity contribution < 1.29 is 4.79 Å². The molecule has 1 aromatic carbocycles. The number of rotatable bonds is 4. The number of amides is 1. The van der Waals surface area contributed by atoms with E-state index in [0.29, 0.717) is 0 Å². The molecule has 1 aliphatic heterocycles. The van der Waals surface area contributed by atoms with Crippen LogP contribution in [0.1, 0.15) is 28.8 Å². The minimum atomic E-state index is 0.0306. The summed E-state index contributed by atoms with van der Waals surface area (Å²) in [5.41, 5.74) is 2.02. The van der Waals surface area contributed by atoms with Crippen LogP contribution in [0.2, 0.25) is 5.02 Å². The maximum Gasteiger partial charge on any atom is 0.252 e. The monoisotopic (exact) mass is 412 g/mol. The van der Waals surface area contributed by atoms with E-state index in [1.165, 1.54) is 16.9 Å². The van der Waals surface area contributed by atoms with E-state index in [0.717, 1.165) is 46.8 Å². The van der Waals surface area contributed by atoms with Crippen LogP contribution in [-0.4, -0.2) is 29.9 Å². The van der Waals surface area contributed by atoms with E-state index in [1.807, 2.05) is 23.6 Å². The zero-order valence-electron chi connectivity index (χ0n) is 12.6. The SMILES string of the molecule is O=C(NC1CCN(Cc2ccc(Cl)cc2)CC1)c1csc(Br)c1. The summed E-state index contributed by atoms with van der Waals surface area (Å²) in [6.07, 6.45) is 1.98. The molecule has 3 nitrogen and oxygen atoms in total. The van der Waals surface area contributed by atoms with Crippen molar-refractivity contribution in [3.05, 3.63) is 55.6 Å². The molecule has 0 aliphatic carbocycles. The van der Waals surface area contributed by atoms with Crippen molar-refractivity contribution in [2.75, 3.05) is 13.1 Å². The molecule has 1 fully saturated rings. The van der Waals surface area contributed by atoms with Crippen molar-refractivity contribution in [3.63, 3.8) is 0 Å². The molecule has 0 atom stereocenters. The van der Waals surface area contributed by atoms with Gasteiger partial charge >= 0.3 is 0 Å². The van der Waals surface area contributed by atoms with E-state index in [2.05, 4.69) is 38.3 Å². The molecule has 0 unspecified atom stereocenters. The van der Waals surface area contributed by atoms with Gasteiger partial charge in [0.25, 0.3) is 5.91 Å². The van der Waals surface area contributed by atoms with Crippen LogP contribution in [0.3, 0.4) is 0 Å². The van der Waals surface area contributed by atoms with Crippen LogP contribution in [-0.2, 0) is 6.54 Å². The van der Waals surface area contributed by atoms with Crippen LogP contribution in [0, 0.1) is 0 Å². The Hall–Kier alpha value is -0.880. The van der Waals surface area contributed by atoms with E-state index >= 15 is 0 Å². The van der Waals surface area contributed by atoms with Crippen LogP contribution in [0.5, 0.6) is 0 Å². The molecule has 1 aliphatic rings. The Kier molecular flexibility index (Phi) is 5.75. The fraction of sp³-hybridized carbons (Fsp3) is 0.353. The fourth-order valence-electron chi connectivity index (χ4n) is 2.78. The quantitative estimate of drug-likeness (QED) is 0.797. The predicted molar refractivity (Wildman–Crippen MR) is 99.2 cm³/mol. The number of benzene rings is 1. The lowest BCUT2D eigenvalue weighted by atomic mass is 10.0. The van der Waals surface area contributed by atoms with Gasteiger partial charge in [-0.1, -0.05) is 23.7 Å². The van der Waals surface area contributed by atoms with Crippen molar-refractivity contribution in [1.29, 1.82) is 0 Å². The largest absolute Gasteiger partial charge is 0.349 e. The zero-order valence-corrected chi connectivity index (χ0v) is 15.8. The van der Waals surface area contributed by atoms with Gasteiger partial charge in [-0.2, -0.15) is 0 Å². The number of piperidine rings is 1. The number of halogens is 2. The van der Waals surface area contributed by atoms with Gasteiger partial charge in [0.15, 0.2) is 0 Å². The van der Waals surface area contributed by atoms with Gasteiger partial charge in [0, 0.05) is 36.1 Å². The summed E-state index contributed by atoms with van der Waals surface area (Å²) in [6, 6.07) is 10.2. The lowest BCUT2D eigenvalue weighted by Crippen LogP contribution is -2.44. The Balaban J connectivity index is 1.46. The van der Waals surface area contributed by atoms with Crippen LogP contribution in [0.15, 0.2) is 39.5 Å². The average molecular weight is 414 g/mol. The van der Waals surface area contributed by atoms with Crippen LogP contribution >= 0.6 is 38.9 Å². The number of hydrogen-bond donors (Lipinski definition) is 1. The number of hydrogen-bond acceptors (Lipinski definition) is 3. The van der Waals surface area contributed by atoms with Gasteiger partial charge in [0.1, 0.15) is 0 Å². The van der Waals surface area contributed by atoms with Crippen molar-refractivity contribution in [3.8, 4) is 0 Å². The van der Waals surface area contributed by atoms with E-state index in [4.69, 9.17) is 11.6 Å². The van der Waals surface area contributed by atoms with E-state index in [9.17, 15) is 4.79 Å². The zero-order chi connectivity index (χ0) is 16.2. The number of likely N-dealkylation sites (tertiary alicyclic amines) is 1. The van der Waals surface area contributed by atoms with Gasteiger partial charge < -0.3 is 5.32 Å². The highest BCUT2D eigenvalue weighted by Gasteiger charge is 2.21. The molecule has 6 heteroatoms. The maximum atomic E-state index is 12.2. The van der Waals surface area contributed by atoms with Gasteiger partial charge in [-0.25, -0.2) is 0 Å². The summed E-state index contributed by atoms with van der Waals surface area (Å²) in [5, 5.41) is 5.80. The van der Waals surface area contributed by atoms with E-state index < -0.39 is 0 Å². The highest BCUT2D eigenvalue weighted by molar-refractivity contribution is 9.11. The van der Waals surface area contributed by atoms with Gasteiger partial charge in [-0.05, 0) is 52.5 Å². The Morgan fingerprint density at radius 2 is 2.00 bits per heavy atom. The van der Waals surface area contributed by atoms with Gasteiger partial charge in [0.05, 0.1) is 9.35 Å². The van der Waals surface area contributed by atoms with Gasteiger partial charge in [-0.3, -0.25) is 9.69 Å². The van der Waals surface area contributed by atoms with E-state index in [1.54, 1.807) is 0 Å². The fourth-order valence-corrected chi connectivity index (χ4v) is 4.04. The molecule has 0 radical (unpaired) electrons. The highest BCUT2D eigenvalue weighted by atomic mass is 79.9. The second kappa shape index (κ2) is 7.79. The molecule has 23 heavy (non-hydrogen) atoms. The summed E-state index contributed by atoms with van der Waals surface area (Å²) < 4.78 is 0.987. The standard InChI is InChI=1S/C17H18BrClN2OS/c18-16-9-13(11-23-16)17(22)20-15-5-7-21(8-6-15)10-12-1-3-14(19)4-2-12/h1-4,9,11,15H,5-8,10H2,(H,20,22). The Labute approximate surface area is 153 Å². The molecule has 1 aromatic heterocycles. The minimum absolute atomic E-state index is 0.0306. The topological polar surface area (TPSA) is 32.3 Å². The number of nitrogens with one attached hydrogen (secondary N) is 1. The molecule has 2 aromatic rings. The first-order valence-electron chi connectivity index (χ1n) is 7.62. The molecule has 0 bridgehead atoms. The number of carbonyl (C=O) groups excluding carboxylic acids is 1. The first-order chi connectivity index (χ1) is 11.1. The molecule has 1 amide bonds. The summed E-state index contributed by atoms with van der Waals surface area (Å²) in [5.74, 6) is 0.0306. The highest BCUT2D eigenvalue weighted by Crippen LogP contribution is 2.21.